The number of aromatic nitrogens is 1. The van der Waals surface area contributed by atoms with Gasteiger partial charge in [0.1, 0.15) is 5.75 Å². The zero-order valence-electron chi connectivity index (χ0n) is 9.47. The van der Waals surface area contributed by atoms with Gasteiger partial charge in [-0.25, -0.2) is 4.98 Å². The Morgan fingerprint density at radius 2 is 2.25 bits per heavy atom. The van der Waals surface area contributed by atoms with Crippen LogP contribution in [0.5, 0.6) is 11.6 Å². The minimum absolute atomic E-state index is 0.0437. The fraction of sp³-hybridized carbons (Fsp3) is 0.500. The van der Waals surface area contributed by atoms with Gasteiger partial charge in [-0.3, -0.25) is 4.79 Å². The minimum atomic E-state index is 0.0437. The number of carbonyl (C=O) groups excluding carboxylic acids is 1. The second kappa shape index (κ2) is 4.51. The van der Waals surface area contributed by atoms with E-state index in [0.29, 0.717) is 17.2 Å². The van der Waals surface area contributed by atoms with Gasteiger partial charge >= 0.3 is 0 Å². The summed E-state index contributed by atoms with van der Waals surface area (Å²) in [6, 6.07) is 1.62. The highest BCUT2D eigenvalue weighted by Crippen LogP contribution is 2.29. The molecule has 4 nitrogen and oxygen atoms in total. The van der Waals surface area contributed by atoms with Crippen LogP contribution in [-0.4, -0.2) is 23.5 Å². The molecule has 0 spiro atoms. The number of ether oxygens (including phenoxy) is 2. The number of hydrogen-bond donors (Lipinski definition) is 0. The molecule has 1 aliphatic rings. The normalized spacial score (nSPS) is 14.9. The van der Waals surface area contributed by atoms with Crippen LogP contribution in [0.3, 0.4) is 0 Å². The lowest BCUT2D eigenvalue weighted by Gasteiger charge is -2.11. The highest BCUT2D eigenvalue weighted by Gasteiger charge is 2.24. The zero-order chi connectivity index (χ0) is 11.5. The molecule has 1 aromatic rings. The van der Waals surface area contributed by atoms with Gasteiger partial charge in [0, 0.05) is 6.07 Å². The predicted octanol–water partition coefficient (Wildman–Crippen LogP) is 2.22. The largest absolute Gasteiger partial charge is 0.488 e. The number of pyridine rings is 1. The van der Waals surface area contributed by atoms with Gasteiger partial charge in [0.05, 0.1) is 24.0 Å². The van der Waals surface area contributed by atoms with Crippen LogP contribution in [0.4, 0.5) is 0 Å². The number of nitrogens with zero attached hydrogens (tertiary/aromatic N) is 1. The molecule has 1 fully saturated rings. The van der Waals surface area contributed by atoms with Crippen LogP contribution < -0.4 is 9.47 Å². The third kappa shape index (κ3) is 2.72. The minimum Gasteiger partial charge on any atom is -0.488 e. The maximum atomic E-state index is 10.9. The Morgan fingerprint density at radius 3 is 2.81 bits per heavy atom. The van der Waals surface area contributed by atoms with Crippen molar-refractivity contribution in [1.29, 1.82) is 0 Å². The molecule has 2 rings (SSSR count). The SMILES string of the molecule is CC(C)Oc1cc(C=O)c(OC2CC2)cn1. The maximum Gasteiger partial charge on any atom is 0.214 e. The van der Waals surface area contributed by atoms with E-state index >= 15 is 0 Å². The molecule has 0 radical (unpaired) electrons. The van der Waals surface area contributed by atoms with E-state index in [1.807, 2.05) is 13.8 Å². The smallest absolute Gasteiger partial charge is 0.214 e. The third-order valence-electron chi connectivity index (χ3n) is 2.17. The van der Waals surface area contributed by atoms with Crippen molar-refractivity contribution in [2.45, 2.75) is 38.9 Å². The summed E-state index contributed by atoms with van der Waals surface area (Å²) in [5.41, 5.74) is 0.498. The summed E-state index contributed by atoms with van der Waals surface area (Å²) in [5.74, 6) is 1.01. The number of carbonyl (C=O) groups is 1. The van der Waals surface area contributed by atoms with Crippen LogP contribution in [0, 0.1) is 0 Å². The lowest BCUT2D eigenvalue weighted by molar-refractivity contribution is 0.111. The molecule has 86 valence electrons. The second-order valence-electron chi connectivity index (χ2n) is 4.16. The van der Waals surface area contributed by atoms with Gasteiger partial charge in [0.25, 0.3) is 0 Å². The maximum absolute atomic E-state index is 10.9. The van der Waals surface area contributed by atoms with Crippen molar-refractivity contribution in [2.24, 2.45) is 0 Å². The highest BCUT2D eigenvalue weighted by molar-refractivity contribution is 5.79. The number of rotatable bonds is 5. The molecule has 0 amide bonds. The van der Waals surface area contributed by atoms with Gasteiger partial charge in [-0.05, 0) is 26.7 Å². The van der Waals surface area contributed by atoms with Crippen molar-refractivity contribution >= 4 is 6.29 Å². The molecular weight excluding hydrogens is 206 g/mol. The van der Waals surface area contributed by atoms with Gasteiger partial charge in [0.15, 0.2) is 6.29 Å². The van der Waals surface area contributed by atoms with Crippen LogP contribution in [0.2, 0.25) is 0 Å². The van der Waals surface area contributed by atoms with Crippen molar-refractivity contribution in [1.82, 2.24) is 4.98 Å². The van der Waals surface area contributed by atoms with Crippen molar-refractivity contribution in [3.8, 4) is 11.6 Å². The molecule has 0 aromatic carbocycles. The Bertz CT molecular complexity index is 386. The van der Waals surface area contributed by atoms with Gasteiger partial charge in [-0.15, -0.1) is 0 Å². The van der Waals surface area contributed by atoms with Crippen molar-refractivity contribution in [3.63, 3.8) is 0 Å². The summed E-state index contributed by atoms with van der Waals surface area (Å²) in [5, 5.41) is 0. The summed E-state index contributed by atoms with van der Waals surface area (Å²) in [7, 11) is 0. The van der Waals surface area contributed by atoms with E-state index in [0.717, 1.165) is 19.1 Å². The molecule has 16 heavy (non-hydrogen) atoms. The first kappa shape index (κ1) is 10.9. The quantitative estimate of drug-likeness (QED) is 0.715. The Kier molecular flexibility index (Phi) is 3.08. The Labute approximate surface area is 94.6 Å². The molecule has 0 unspecified atom stereocenters. The Hall–Kier alpha value is -1.58. The molecule has 0 atom stereocenters. The first-order valence-corrected chi connectivity index (χ1v) is 5.47. The van der Waals surface area contributed by atoms with E-state index in [1.165, 1.54) is 0 Å². The molecule has 4 heteroatoms. The lowest BCUT2D eigenvalue weighted by Crippen LogP contribution is -2.08. The summed E-state index contributed by atoms with van der Waals surface area (Å²) < 4.78 is 11.0. The van der Waals surface area contributed by atoms with Gasteiger partial charge < -0.3 is 9.47 Å². The standard InChI is InChI=1S/C12H15NO3/c1-8(2)15-12-5-9(7-14)11(6-13-12)16-10-3-4-10/h5-8,10H,3-4H2,1-2H3. The predicted molar refractivity (Wildman–Crippen MR) is 59.0 cm³/mol. The molecule has 0 N–H and O–H groups in total. The van der Waals surface area contributed by atoms with E-state index in [2.05, 4.69) is 4.98 Å². The summed E-state index contributed by atoms with van der Waals surface area (Å²) in [6.07, 6.45) is 4.75. The van der Waals surface area contributed by atoms with E-state index in [4.69, 9.17) is 9.47 Å². The summed E-state index contributed by atoms with van der Waals surface area (Å²) in [4.78, 5) is 15.0. The van der Waals surface area contributed by atoms with Crippen molar-refractivity contribution < 1.29 is 14.3 Å². The van der Waals surface area contributed by atoms with Gasteiger partial charge in [0.2, 0.25) is 5.88 Å². The van der Waals surface area contributed by atoms with E-state index in [1.54, 1.807) is 12.3 Å². The fourth-order valence-corrected chi connectivity index (χ4v) is 1.30. The van der Waals surface area contributed by atoms with E-state index < -0.39 is 0 Å². The lowest BCUT2D eigenvalue weighted by atomic mass is 10.2. The van der Waals surface area contributed by atoms with E-state index in [9.17, 15) is 4.79 Å². The average molecular weight is 221 g/mol. The zero-order valence-corrected chi connectivity index (χ0v) is 9.47. The molecule has 1 aromatic heterocycles. The van der Waals surface area contributed by atoms with Crippen LogP contribution in [0.15, 0.2) is 12.3 Å². The highest BCUT2D eigenvalue weighted by atomic mass is 16.5. The topological polar surface area (TPSA) is 48.4 Å². The first-order valence-electron chi connectivity index (χ1n) is 5.47. The van der Waals surface area contributed by atoms with Crippen molar-refractivity contribution in [3.05, 3.63) is 17.8 Å². The van der Waals surface area contributed by atoms with E-state index in [-0.39, 0.29) is 12.2 Å². The number of hydrogen-bond acceptors (Lipinski definition) is 4. The summed E-state index contributed by atoms with van der Waals surface area (Å²) in [6.45, 7) is 3.83. The first-order chi connectivity index (χ1) is 7.69. The second-order valence-corrected chi connectivity index (χ2v) is 4.16. The van der Waals surface area contributed by atoms with Crippen molar-refractivity contribution in [2.75, 3.05) is 0 Å². The fourth-order valence-electron chi connectivity index (χ4n) is 1.30. The molecule has 0 aliphatic heterocycles. The van der Waals surface area contributed by atoms with Crippen LogP contribution >= 0.6 is 0 Å². The number of aldehydes is 1. The van der Waals surface area contributed by atoms with Crippen LogP contribution in [0.1, 0.15) is 37.0 Å². The Morgan fingerprint density at radius 1 is 1.50 bits per heavy atom. The molecule has 1 saturated carbocycles. The van der Waals surface area contributed by atoms with Crippen LogP contribution in [-0.2, 0) is 0 Å². The van der Waals surface area contributed by atoms with Gasteiger partial charge in [-0.1, -0.05) is 0 Å². The molecule has 1 aliphatic carbocycles. The molecule has 0 bridgehead atoms. The molecule has 0 saturated heterocycles. The average Bonchev–Trinajstić information content (AvgIpc) is 3.03. The monoisotopic (exact) mass is 221 g/mol. The summed E-state index contributed by atoms with van der Waals surface area (Å²) >= 11 is 0. The molecular formula is C12H15NO3. The Balaban J connectivity index is 2.16. The molecule has 1 heterocycles. The third-order valence-corrected chi connectivity index (χ3v) is 2.17. The van der Waals surface area contributed by atoms with Crippen LogP contribution in [0.25, 0.3) is 0 Å². The van der Waals surface area contributed by atoms with Gasteiger partial charge in [-0.2, -0.15) is 0 Å².